The van der Waals surface area contributed by atoms with E-state index < -0.39 is 4.92 Å². The van der Waals surface area contributed by atoms with Gasteiger partial charge in [-0.3, -0.25) is 14.9 Å². The van der Waals surface area contributed by atoms with E-state index in [-0.39, 0.29) is 11.6 Å². The Kier molecular flexibility index (Phi) is 5.92. The molecule has 1 aliphatic heterocycles. The summed E-state index contributed by atoms with van der Waals surface area (Å²) in [7, 11) is 1.64. The van der Waals surface area contributed by atoms with Crippen molar-refractivity contribution in [3.63, 3.8) is 0 Å². The van der Waals surface area contributed by atoms with E-state index in [1.165, 1.54) is 16.8 Å². The lowest BCUT2D eigenvalue weighted by molar-refractivity contribution is -0.384. The first-order valence-electron chi connectivity index (χ1n) is 11.1. The van der Waals surface area contributed by atoms with Gasteiger partial charge in [0.25, 0.3) is 11.6 Å². The van der Waals surface area contributed by atoms with Gasteiger partial charge in [0, 0.05) is 50.1 Å². The van der Waals surface area contributed by atoms with Crippen molar-refractivity contribution in [1.29, 1.82) is 0 Å². The highest BCUT2D eigenvalue weighted by atomic mass is 16.6. The molecule has 1 amide bonds. The van der Waals surface area contributed by atoms with E-state index in [0.29, 0.717) is 49.0 Å². The molecule has 35 heavy (non-hydrogen) atoms. The third-order valence-corrected chi connectivity index (χ3v) is 6.01. The Labute approximate surface area is 201 Å². The van der Waals surface area contributed by atoms with Gasteiger partial charge in [0.05, 0.1) is 24.0 Å². The number of hydrogen-bond donors (Lipinski definition) is 0. The number of carbonyl (C=O) groups excluding carboxylic acids is 1. The van der Waals surface area contributed by atoms with Crippen LogP contribution in [0.15, 0.2) is 77.4 Å². The summed E-state index contributed by atoms with van der Waals surface area (Å²) in [6, 6.07) is 19.0. The second kappa shape index (κ2) is 9.34. The van der Waals surface area contributed by atoms with E-state index in [0.717, 1.165) is 11.4 Å². The van der Waals surface area contributed by atoms with Crippen LogP contribution in [0.1, 0.15) is 10.5 Å². The molecule has 10 nitrogen and oxygen atoms in total. The minimum absolute atomic E-state index is 0.0327. The van der Waals surface area contributed by atoms with Crippen LogP contribution in [0.3, 0.4) is 0 Å². The topological polar surface area (TPSA) is 107 Å². The minimum Gasteiger partial charge on any atom is -0.497 e. The van der Waals surface area contributed by atoms with Crippen molar-refractivity contribution in [3.8, 4) is 22.9 Å². The number of methoxy groups -OCH3 is 1. The zero-order valence-electron chi connectivity index (χ0n) is 19.0. The number of anilines is 1. The number of nitro groups is 1. The first-order valence-corrected chi connectivity index (χ1v) is 11.1. The van der Waals surface area contributed by atoms with Gasteiger partial charge in [-0.1, -0.05) is 0 Å². The molecule has 4 aromatic rings. The number of piperazine rings is 1. The third-order valence-electron chi connectivity index (χ3n) is 6.01. The molecule has 10 heteroatoms. The molecule has 0 unspecified atom stereocenters. The van der Waals surface area contributed by atoms with Gasteiger partial charge in [-0.05, 0) is 48.5 Å². The van der Waals surface area contributed by atoms with Gasteiger partial charge in [-0.15, -0.1) is 0 Å². The second-order valence-corrected chi connectivity index (χ2v) is 8.05. The van der Waals surface area contributed by atoms with Crippen LogP contribution in [-0.4, -0.2) is 58.8 Å². The van der Waals surface area contributed by atoms with Gasteiger partial charge < -0.3 is 19.0 Å². The molecule has 0 bridgehead atoms. The first kappa shape index (κ1) is 22.2. The zero-order valence-corrected chi connectivity index (χ0v) is 19.0. The lowest BCUT2D eigenvalue weighted by Gasteiger charge is -2.36. The molecule has 0 saturated carbocycles. The van der Waals surface area contributed by atoms with Gasteiger partial charge in [0.1, 0.15) is 17.1 Å². The number of carbonyl (C=O) groups is 1. The zero-order chi connectivity index (χ0) is 24.4. The Morgan fingerprint density at radius 2 is 1.69 bits per heavy atom. The summed E-state index contributed by atoms with van der Waals surface area (Å²) < 4.78 is 12.2. The highest BCUT2D eigenvalue weighted by Gasteiger charge is 2.27. The number of rotatable bonds is 6. The summed E-state index contributed by atoms with van der Waals surface area (Å²) in [5, 5.41) is 15.6. The molecule has 0 atom stereocenters. The van der Waals surface area contributed by atoms with Gasteiger partial charge in [0.15, 0.2) is 5.76 Å². The van der Waals surface area contributed by atoms with Crippen LogP contribution in [-0.2, 0) is 0 Å². The molecule has 178 valence electrons. The molecule has 0 aliphatic carbocycles. The SMILES string of the molecule is COc1ccc(N2CCN(C(=O)c3cc(-c4ccco4)nn3-c3ccc([N+](=O)[O-])cc3)CC2)cc1. The molecule has 3 heterocycles. The monoisotopic (exact) mass is 473 g/mol. The van der Waals surface area contributed by atoms with Crippen LogP contribution in [0.4, 0.5) is 11.4 Å². The Morgan fingerprint density at radius 3 is 2.29 bits per heavy atom. The average Bonchev–Trinajstić information content (AvgIpc) is 3.59. The van der Waals surface area contributed by atoms with E-state index in [9.17, 15) is 14.9 Å². The molecule has 1 fully saturated rings. The summed E-state index contributed by atoms with van der Waals surface area (Å²) in [4.78, 5) is 28.2. The van der Waals surface area contributed by atoms with Crippen molar-refractivity contribution >= 4 is 17.3 Å². The number of ether oxygens (including phenoxy) is 1. The molecule has 1 aliphatic rings. The maximum atomic E-state index is 13.6. The molecule has 0 radical (unpaired) electrons. The fourth-order valence-electron chi connectivity index (χ4n) is 4.11. The molecule has 0 N–H and O–H groups in total. The number of non-ortho nitro benzene ring substituents is 1. The Hall–Kier alpha value is -4.60. The number of furan rings is 1. The molecule has 2 aromatic heterocycles. The van der Waals surface area contributed by atoms with Crippen LogP contribution < -0.4 is 9.64 Å². The molecule has 1 saturated heterocycles. The number of aromatic nitrogens is 2. The van der Waals surface area contributed by atoms with Crippen LogP contribution >= 0.6 is 0 Å². The average molecular weight is 473 g/mol. The van der Waals surface area contributed by atoms with Crippen molar-refractivity contribution in [2.45, 2.75) is 0 Å². The maximum Gasteiger partial charge on any atom is 0.272 e. The lowest BCUT2D eigenvalue weighted by Crippen LogP contribution is -2.49. The van der Waals surface area contributed by atoms with E-state index in [4.69, 9.17) is 9.15 Å². The normalized spacial score (nSPS) is 13.6. The smallest absolute Gasteiger partial charge is 0.272 e. The molecular weight excluding hydrogens is 450 g/mol. The summed E-state index contributed by atoms with van der Waals surface area (Å²) in [6.45, 7) is 2.47. The summed E-state index contributed by atoms with van der Waals surface area (Å²) in [5.74, 6) is 1.17. The lowest BCUT2D eigenvalue weighted by atomic mass is 10.2. The highest BCUT2D eigenvalue weighted by Crippen LogP contribution is 2.26. The van der Waals surface area contributed by atoms with Crippen molar-refractivity contribution in [2.24, 2.45) is 0 Å². The van der Waals surface area contributed by atoms with Crippen molar-refractivity contribution in [2.75, 3.05) is 38.2 Å². The van der Waals surface area contributed by atoms with Crippen LogP contribution in [0.5, 0.6) is 5.75 Å². The Morgan fingerprint density at radius 1 is 1.00 bits per heavy atom. The standard InChI is InChI=1S/C25H23N5O5/c1-34-21-10-8-18(9-11-21)27-12-14-28(15-13-27)25(31)23-17-22(24-3-2-16-35-24)26-29(23)19-4-6-20(7-5-19)30(32)33/h2-11,16-17H,12-15H2,1H3. The van der Waals surface area contributed by atoms with Gasteiger partial charge in [-0.2, -0.15) is 5.10 Å². The van der Waals surface area contributed by atoms with Gasteiger partial charge in [0.2, 0.25) is 0 Å². The molecular formula is C25H23N5O5. The quantitative estimate of drug-likeness (QED) is 0.308. The van der Waals surface area contributed by atoms with Crippen LogP contribution in [0.25, 0.3) is 17.1 Å². The predicted molar refractivity (Wildman–Crippen MR) is 129 cm³/mol. The van der Waals surface area contributed by atoms with Crippen molar-refractivity contribution < 1.29 is 18.9 Å². The first-order chi connectivity index (χ1) is 17.0. The summed E-state index contributed by atoms with van der Waals surface area (Å²) in [6.07, 6.45) is 1.54. The van der Waals surface area contributed by atoms with Crippen LogP contribution in [0.2, 0.25) is 0 Å². The Bertz CT molecular complexity index is 1320. The van der Waals surface area contributed by atoms with Crippen LogP contribution in [0, 0.1) is 10.1 Å². The van der Waals surface area contributed by atoms with Gasteiger partial charge in [-0.25, -0.2) is 4.68 Å². The second-order valence-electron chi connectivity index (χ2n) is 8.05. The van der Waals surface area contributed by atoms with E-state index in [1.54, 1.807) is 48.6 Å². The highest BCUT2D eigenvalue weighted by molar-refractivity contribution is 5.94. The number of benzene rings is 2. The molecule has 2 aromatic carbocycles. The Balaban J connectivity index is 1.39. The minimum atomic E-state index is -0.463. The maximum absolute atomic E-state index is 13.6. The molecule has 0 spiro atoms. The fraction of sp³-hybridized carbons (Fsp3) is 0.200. The predicted octanol–water partition coefficient (Wildman–Crippen LogP) is 4.01. The number of nitrogens with zero attached hydrogens (tertiary/aromatic N) is 5. The third kappa shape index (κ3) is 4.45. The number of amides is 1. The van der Waals surface area contributed by atoms with E-state index in [2.05, 4.69) is 10.00 Å². The van der Waals surface area contributed by atoms with E-state index in [1.807, 2.05) is 24.3 Å². The van der Waals surface area contributed by atoms with E-state index >= 15 is 0 Å². The summed E-state index contributed by atoms with van der Waals surface area (Å²) in [5.41, 5.74) is 2.47. The van der Waals surface area contributed by atoms with Crippen molar-refractivity contribution in [1.82, 2.24) is 14.7 Å². The van der Waals surface area contributed by atoms with Crippen molar-refractivity contribution in [3.05, 3.63) is 88.8 Å². The summed E-state index contributed by atoms with van der Waals surface area (Å²) >= 11 is 0. The molecule has 5 rings (SSSR count). The number of nitro benzene ring substituents is 1. The fourth-order valence-corrected chi connectivity index (χ4v) is 4.11. The largest absolute Gasteiger partial charge is 0.497 e. The number of hydrogen-bond acceptors (Lipinski definition) is 7. The van der Waals surface area contributed by atoms with Gasteiger partial charge >= 0.3 is 0 Å².